The zero-order valence-corrected chi connectivity index (χ0v) is 27.7. The number of nitrogens with one attached hydrogen (secondary N) is 1. The summed E-state index contributed by atoms with van der Waals surface area (Å²) in [4.78, 5) is 28.7. The van der Waals surface area contributed by atoms with Crippen LogP contribution in [0.15, 0.2) is 71.6 Å². The van der Waals surface area contributed by atoms with E-state index in [9.17, 15) is 18.0 Å². The van der Waals surface area contributed by atoms with Crippen molar-refractivity contribution >= 4 is 27.5 Å². The first-order chi connectivity index (χ1) is 21.4. The summed E-state index contributed by atoms with van der Waals surface area (Å²) in [6.07, 6.45) is 0. The number of sulfonamides is 1. The fraction of sp³-hybridized carbons (Fsp3) is 0.394. The number of anilines is 1. The standard InChI is InChI=1S/C33H43N3O8S/c1-8-44-27-14-12-26(13-15-27)36(45(39,40)29-16-17-30(42-6)31(19-29)43-7)22-32(37)35(24(4)33(38)34-20-23(2)3)21-25-10-9-11-28(18-25)41-5/h9-19,23-24H,8,20-22H2,1-7H3,(H,34,38). The molecule has 1 N–H and O–H groups in total. The van der Waals surface area contributed by atoms with Crippen molar-refractivity contribution in [2.45, 2.75) is 45.2 Å². The molecule has 0 aliphatic rings. The first kappa shape index (κ1) is 35.0. The summed E-state index contributed by atoms with van der Waals surface area (Å²) >= 11 is 0. The Bertz CT molecular complexity index is 1540. The lowest BCUT2D eigenvalue weighted by atomic mass is 10.1. The van der Waals surface area contributed by atoms with E-state index in [0.29, 0.717) is 36.0 Å². The van der Waals surface area contributed by atoms with Gasteiger partial charge in [0.15, 0.2) is 11.5 Å². The van der Waals surface area contributed by atoms with E-state index in [2.05, 4.69) is 5.32 Å². The molecule has 1 unspecified atom stereocenters. The number of benzene rings is 3. The molecule has 0 saturated carbocycles. The Labute approximate surface area is 266 Å². The molecule has 0 radical (unpaired) electrons. The van der Waals surface area contributed by atoms with Crippen LogP contribution in [0.2, 0.25) is 0 Å². The largest absolute Gasteiger partial charge is 0.497 e. The lowest BCUT2D eigenvalue weighted by Crippen LogP contribution is -2.51. The van der Waals surface area contributed by atoms with Crippen molar-refractivity contribution in [3.8, 4) is 23.0 Å². The van der Waals surface area contributed by atoms with Gasteiger partial charge in [0.2, 0.25) is 11.8 Å². The van der Waals surface area contributed by atoms with Gasteiger partial charge in [-0.15, -0.1) is 0 Å². The van der Waals surface area contributed by atoms with Crippen LogP contribution in [0.25, 0.3) is 0 Å². The molecule has 3 aromatic carbocycles. The van der Waals surface area contributed by atoms with Crippen molar-refractivity contribution in [3.05, 3.63) is 72.3 Å². The number of amides is 2. The number of nitrogens with zero attached hydrogens (tertiary/aromatic N) is 2. The summed E-state index contributed by atoms with van der Waals surface area (Å²) in [5.74, 6) is 0.969. The Morgan fingerprint density at radius 2 is 1.53 bits per heavy atom. The monoisotopic (exact) mass is 641 g/mol. The summed E-state index contributed by atoms with van der Waals surface area (Å²) in [5.41, 5.74) is 0.946. The Balaban J connectivity index is 2.08. The second-order valence-electron chi connectivity index (χ2n) is 10.6. The zero-order chi connectivity index (χ0) is 33.1. The quantitative estimate of drug-likeness (QED) is 0.243. The lowest BCUT2D eigenvalue weighted by Gasteiger charge is -2.32. The minimum absolute atomic E-state index is 0.0415. The third kappa shape index (κ3) is 9.04. The SMILES string of the molecule is CCOc1ccc(N(CC(=O)N(Cc2cccc(OC)c2)C(C)C(=O)NCC(C)C)S(=O)(=O)c2ccc(OC)c(OC)c2)cc1. The van der Waals surface area contributed by atoms with Crippen molar-refractivity contribution in [2.75, 3.05) is 45.3 Å². The molecule has 2 amide bonds. The van der Waals surface area contributed by atoms with E-state index in [1.807, 2.05) is 26.8 Å². The van der Waals surface area contributed by atoms with E-state index < -0.39 is 28.5 Å². The fourth-order valence-corrected chi connectivity index (χ4v) is 5.94. The van der Waals surface area contributed by atoms with Crippen LogP contribution >= 0.6 is 0 Å². The molecule has 244 valence electrons. The highest BCUT2D eigenvalue weighted by molar-refractivity contribution is 7.92. The van der Waals surface area contributed by atoms with Gasteiger partial charge in [-0.25, -0.2) is 8.42 Å². The average Bonchev–Trinajstić information content (AvgIpc) is 3.04. The van der Waals surface area contributed by atoms with E-state index in [1.54, 1.807) is 49.4 Å². The Morgan fingerprint density at radius 1 is 0.844 bits per heavy atom. The normalized spacial score (nSPS) is 11.8. The van der Waals surface area contributed by atoms with Crippen LogP contribution in [0.3, 0.4) is 0 Å². The predicted molar refractivity (Wildman–Crippen MR) is 173 cm³/mol. The molecule has 0 fully saturated rings. The first-order valence-electron chi connectivity index (χ1n) is 14.6. The van der Waals surface area contributed by atoms with E-state index in [0.717, 1.165) is 4.31 Å². The topological polar surface area (TPSA) is 124 Å². The van der Waals surface area contributed by atoms with Crippen molar-refractivity contribution in [3.63, 3.8) is 0 Å². The molecule has 3 rings (SSSR count). The summed E-state index contributed by atoms with van der Waals surface area (Å²) < 4.78 is 51.0. The third-order valence-electron chi connectivity index (χ3n) is 7.00. The lowest BCUT2D eigenvalue weighted by molar-refractivity contribution is -0.139. The summed E-state index contributed by atoms with van der Waals surface area (Å²) in [6.45, 7) is 7.72. The van der Waals surface area contributed by atoms with Gasteiger partial charge >= 0.3 is 0 Å². The second-order valence-corrected chi connectivity index (χ2v) is 12.5. The van der Waals surface area contributed by atoms with Gasteiger partial charge in [-0.05, 0) is 73.9 Å². The van der Waals surface area contributed by atoms with Gasteiger partial charge in [-0.1, -0.05) is 26.0 Å². The van der Waals surface area contributed by atoms with E-state index in [-0.39, 0.29) is 34.7 Å². The first-order valence-corrected chi connectivity index (χ1v) is 16.1. The van der Waals surface area contributed by atoms with Gasteiger partial charge < -0.3 is 29.2 Å². The van der Waals surface area contributed by atoms with Crippen LogP contribution < -0.4 is 28.6 Å². The van der Waals surface area contributed by atoms with Crippen LogP contribution in [0.5, 0.6) is 23.0 Å². The van der Waals surface area contributed by atoms with Crippen LogP contribution in [0.1, 0.15) is 33.3 Å². The number of hydrogen-bond donors (Lipinski definition) is 1. The van der Waals surface area contributed by atoms with Crippen molar-refractivity contribution < 1.29 is 37.0 Å². The second kappa shape index (κ2) is 16.0. The number of hydrogen-bond acceptors (Lipinski definition) is 8. The molecule has 0 aliphatic heterocycles. The molecular weight excluding hydrogens is 598 g/mol. The molecule has 0 spiro atoms. The van der Waals surface area contributed by atoms with Gasteiger partial charge in [0.25, 0.3) is 10.0 Å². The Kier molecular flexibility index (Phi) is 12.5. The van der Waals surface area contributed by atoms with Crippen molar-refractivity contribution in [2.24, 2.45) is 5.92 Å². The smallest absolute Gasteiger partial charge is 0.264 e. The van der Waals surface area contributed by atoms with Crippen LogP contribution in [-0.4, -0.2) is 72.2 Å². The molecule has 0 aliphatic carbocycles. The predicted octanol–water partition coefficient (Wildman–Crippen LogP) is 4.50. The Morgan fingerprint density at radius 3 is 2.13 bits per heavy atom. The summed E-state index contributed by atoms with van der Waals surface area (Å²) in [5, 5.41) is 2.88. The molecule has 1 atom stereocenters. The van der Waals surface area contributed by atoms with Gasteiger partial charge in [0, 0.05) is 19.2 Å². The number of carbonyl (C=O) groups is 2. The maximum atomic E-state index is 14.2. The minimum atomic E-state index is -4.33. The van der Waals surface area contributed by atoms with Crippen molar-refractivity contribution in [1.82, 2.24) is 10.2 Å². The maximum absolute atomic E-state index is 14.2. The maximum Gasteiger partial charge on any atom is 0.264 e. The van der Waals surface area contributed by atoms with Gasteiger partial charge in [0.05, 0.1) is 38.5 Å². The number of ether oxygens (including phenoxy) is 4. The summed E-state index contributed by atoms with van der Waals surface area (Å²) in [7, 11) is 0.0696. The number of carbonyl (C=O) groups excluding carboxylic acids is 2. The molecule has 0 aromatic heterocycles. The fourth-order valence-electron chi connectivity index (χ4n) is 4.51. The Hall–Kier alpha value is -4.45. The average molecular weight is 642 g/mol. The van der Waals surface area contributed by atoms with E-state index in [1.165, 1.54) is 44.4 Å². The van der Waals surface area contributed by atoms with Crippen LogP contribution in [0, 0.1) is 5.92 Å². The van der Waals surface area contributed by atoms with Gasteiger partial charge in [0.1, 0.15) is 24.1 Å². The molecule has 3 aromatic rings. The highest BCUT2D eigenvalue weighted by Gasteiger charge is 2.33. The molecule has 0 saturated heterocycles. The molecule has 11 nitrogen and oxygen atoms in total. The molecular formula is C33H43N3O8S. The summed E-state index contributed by atoms with van der Waals surface area (Å²) in [6, 6.07) is 16.9. The van der Waals surface area contributed by atoms with E-state index in [4.69, 9.17) is 18.9 Å². The van der Waals surface area contributed by atoms with E-state index >= 15 is 0 Å². The van der Waals surface area contributed by atoms with Crippen LogP contribution in [-0.2, 0) is 26.2 Å². The van der Waals surface area contributed by atoms with Crippen molar-refractivity contribution in [1.29, 1.82) is 0 Å². The third-order valence-corrected chi connectivity index (χ3v) is 8.77. The molecule has 12 heteroatoms. The zero-order valence-electron chi connectivity index (χ0n) is 26.9. The highest BCUT2D eigenvalue weighted by Crippen LogP contribution is 2.33. The molecule has 0 bridgehead atoms. The molecule has 45 heavy (non-hydrogen) atoms. The van der Waals surface area contributed by atoms with Gasteiger partial charge in [-0.3, -0.25) is 13.9 Å². The minimum Gasteiger partial charge on any atom is -0.497 e. The number of methoxy groups -OCH3 is 3. The molecule has 0 heterocycles. The van der Waals surface area contributed by atoms with Crippen LogP contribution in [0.4, 0.5) is 5.69 Å². The number of rotatable bonds is 16. The van der Waals surface area contributed by atoms with Gasteiger partial charge in [-0.2, -0.15) is 0 Å². The highest BCUT2D eigenvalue weighted by atomic mass is 32.2.